The lowest BCUT2D eigenvalue weighted by Gasteiger charge is -2.13. The lowest BCUT2D eigenvalue weighted by molar-refractivity contribution is 0.647. The second-order valence-electron chi connectivity index (χ2n) is 10.6. The Hall–Kier alpha value is -3.54. The van der Waals surface area contributed by atoms with Crippen LogP contribution >= 0.6 is 22.9 Å². The third-order valence-corrected chi connectivity index (χ3v) is 8.66. The van der Waals surface area contributed by atoms with Crippen LogP contribution in [0.25, 0.3) is 5.00 Å². The summed E-state index contributed by atoms with van der Waals surface area (Å²) in [4.78, 5) is 6.66. The average molecular weight is 551 g/mol. The quantitative estimate of drug-likeness (QED) is 0.205. The fraction of sp³-hybridized carbons (Fsp3) is 0.242. The summed E-state index contributed by atoms with van der Waals surface area (Å²) in [5, 5.41) is 10.9. The summed E-state index contributed by atoms with van der Waals surface area (Å²) in [6.45, 7) is 6.54. The Labute approximate surface area is 239 Å². The number of aromatic nitrogens is 3. The number of aryl methyl sites for hydroxylation is 3. The summed E-state index contributed by atoms with van der Waals surface area (Å²) in [6, 6.07) is 29.4. The maximum absolute atomic E-state index is 6.77. The zero-order chi connectivity index (χ0) is 26.9. The van der Waals surface area contributed by atoms with E-state index in [4.69, 9.17) is 16.6 Å². The van der Waals surface area contributed by atoms with E-state index in [1.165, 1.54) is 16.0 Å². The van der Waals surface area contributed by atoms with Gasteiger partial charge in [-0.2, -0.15) is 0 Å². The highest BCUT2D eigenvalue weighted by Gasteiger charge is 2.31. The third kappa shape index (κ3) is 5.21. The molecule has 4 nitrogen and oxygen atoms in total. The second-order valence-corrected chi connectivity index (χ2v) is 12.1. The molecule has 1 aliphatic rings. The molecular weight excluding hydrogens is 520 g/mol. The van der Waals surface area contributed by atoms with Crippen molar-refractivity contribution in [3.63, 3.8) is 0 Å². The molecule has 0 spiro atoms. The zero-order valence-electron chi connectivity index (χ0n) is 22.4. The van der Waals surface area contributed by atoms with E-state index in [1.54, 1.807) is 11.3 Å². The van der Waals surface area contributed by atoms with E-state index in [1.807, 2.05) is 43.3 Å². The van der Waals surface area contributed by atoms with Gasteiger partial charge in [-0.15, -0.1) is 21.5 Å². The molecule has 1 aliphatic heterocycles. The molecule has 196 valence electrons. The van der Waals surface area contributed by atoms with Crippen LogP contribution in [0.3, 0.4) is 0 Å². The van der Waals surface area contributed by atoms with E-state index in [2.05, 4.69) is 77.1 Å². The minimum Gasteiger partial charge on any atom is -0.271 e. The first-order valence-corrected chi connectivity index (χ1v) is 14.7. The van der Waals surface area contributed by atoms with Crippen LogP contribution in [0.2, 0.25) is 5.02 Å². The highest BCUT2D eigenvalue weighted by Crippen LogP contribution is 2.39. The molecule has 0 amide bonds. The van der Waals surface area contributed by atoms with Gasteiger partial charge in [0.2, 0.25) is 0 Å². The van der Waals surface area contributed by atoms with Gasteiger partial charge in [0, 0.05) is 21.0 Å². The Kier molecular flexibility index (Phi) is 7.20. The minimum absolute atomic E-state index is 0.286. The monoisotopic (exact) mass is 550 g/mol. The first-order valence-electron chi connectivity index (χ1n) is 13.5. The van der Waals surface area contributed by atoms with Gasteiger partial charge in [-0.05, 0) is 60.9 Å². The zero-order valence-corrected chi connectivity index (χ0v) is 24.0. The Morgan fingerprint density at radius 3 is 2.31 bits per heavy atom. The van der Waals surface area contributed by atoms with Crippen LogP contribution in [-0.4, -0.2) is 20.5 Å². The van der Waals surface area contributed by atoms with Gasteiger partial charge in [0.25, 0.3) is 0 Å². The predicted molar refractivity (Wildman–Crippen MR) is 162 cm³/mol. The van der Waals surface area contributed by atoms with Crippen molar-refractivity contribution < 1.29 is 0 Å². The molecule has 0 radical (unpaired) electrons. The largest absolute Gasteiger partial charge is 0.271 e. The van der Waals surface area contributed by atoms with E-state index < -0.39 is 0 Å². The average Bonchev–Trinajstić information content (AvgIpc) is 3.49. The van der Waals surface area contributed by atoms with E-state index in [-0.39, 0.29) is 6.04 Å². The molecular formula is C33H31ClN4S. The lowest BCUT2D eigenvalue weighted by Crippen LogP contribution is -2.07. The van der Waals surface area contributed by atoms with Crippen LogP contribution < -0.4 is 0 Å². The summed E-state index contributed by atoms with van der Waals surface area (Å²) in [7, 11) is 0. The number of benzene rings is 3. The number of fused-ring (bicyclic) bond motifs is 3. The number of nitrogens with zero attached hydrogens (tertiary/aromatic N) is 4. The first kappa shape index (κ1) is 25.7. The van der Waals surface area contributed by atoms with Crippen molar-refractivity contribution in [2.24, 2.45) is 10.9 Å². The molecule has 0 saturated carbocycles. The maximum atomic E-state index is 6.77. The van der Waals surface area contributed by atoms with Gasteiger partial charge in [0.15, 0.2) is 5.82 Å². The number of thiophene rings is 1. The van der Waals surface area contributed by atoms with Gasteiger partial charge in [-0.25, -0.2) is 0 Å². The number of hydrogen-bond donors (Lipinski definition) is 0. The van der Waals surface area contributed by atoms with Crippen LogP contribution in [0.15, 0.2) is 89.9 Å². The van der Waals surface area contributed by atoms with Crippen molar-refractivity contribution >= 4 is 28.6 Å². The Morgan fingerprint density at radius 2 is 1.56 bits per heavy atom. The summed E-state index contributed by atoms with van der Waals surface area (Å²) in [5.41, 5.74) is 6.75. The van der Waals surface area contributed by atoms with E-state index in [0.717, 1.165) is 58.3 Å². The Bertz CT molecular complexity index is 1630. The molecule has 6 rings (SSSR count). The van der Waals surface area contributed by atoms with Crippen molar-refractivity contribution in [3.05, 3.63) is 134 Å². The van der Waals surface area contributed by atoms with Crippen LogP contribution in [0.5, 0.6) is 0 Å². The summed E-state index contributed by atoms with van der Waals surface area (Å²) >= 11 is 8.57. The topological polar surface area (TPSA) is 43.1 Å². The third-order valence-electron chi connectivity index (χ3n) is 7.15. The Morgan fingerprint density at radius 1 is 0.846 bits per heavy atom. The molecule has 3 aromatic carbocycles. The van der Waals surface area contributed by atoms with E-state index >= 15 is 0 Å². The van der Waals surface area contributed by atoms with Gasteiger partial charge >= 0.3 is 0 Å². The predicted octanol–water partition coefficient (Wildman–Crippen LogP) is 8.21. The molecule has 0 bridgehead atoms. The van der Waals surface area contributed by atoms with Gasteiger partial charge in [-0.3, -0.25) is 9.56 Å². The van der Waals surface area contributed by atoms with E-state index in [0.29, 0.717) is 10.9 Å². The highest BCUT2D eigenvalue weighted by molar-refractivity contribution is 7.15. The molecule has 6 heteroatoms. The van der Waals surface area contributed by atoms with Crippen LogP contribution in [0.1, 0.15) is 64.2 Å². The molecule has 0 saturated heterocycles. The van der Waals surface area contributed by atoms with Crippen molar-refractivity contribution in [1.82, 2.24) is 14.8 Å². The lowest BCUT2D eigenvalue weighted by atomic mass is 10.00. The molecule has 5 aromatic rings. The molecule has 0 fully saturated rings. The van der Waals surface area contributed by atoms with Crippen molar-refractivity contribution in [2.45, 2.75) is 46.1 Å². The first-order chi connectivity index (χ1) is 19.0. The molecule has 3 heterocycles. The second kappa shape index (κ2) is 10.9. The molecule has 0 N–H and O–H groups in total. The Balaban J connectivity index is 1.42. The SMILES string of the molecule is Cc1nnc2n1-c1sc(CCc3ccc(CC(C)C)cc3)cc1C(c1ccccc1Cl)=NC2c1ccccc1. The smallest absolute Gasteiger partial charge is 0.167 e. The standard InChI is InChI=1S/C33H31ClN4S/c1-21(2)19-24-15-13-23(14-16-24)17-18-26-20-28-31(27-11-7-8-12-29(27)34)35-30(25-9-5-4-6-10-25)32-37-36-22(3)38(32)33(28)39-26/h4-16,20-21,30H,17-19H2,1-3H3. The van der Waals surface area contributed by atoms with Crippen LogP contribution in [0, 0.1) is 12.8 Å². The molecule has 2 aromatic heterocycles. The van der Waals surface area contributed by atoms with E-state index in [9.17, 15) is 0 Å². The number of hydrogen-bond acceptors (Lipinski definition) is 4. The van der Waals surface area contributed by atoms with Gasteiger partial charge in [-0.1, -0.05) is 98.2 Å². The van der Waals surface area contributed by atoms with Crippen molar-refractivity contribution in [2.75, 3.05) is 0 Å². The molecule has 1 unspecified atom stereocenters. The normalized spacial score (nSPS) is 14.6. The van der Waals surface area contributed by atoms with Crippen LogP contribution in [0.4, 0.5) is 0 Å². The molecule has 0 aliphatic carbocycles. The van der Waals surface area contributed by atoms with Crippen molar-refractivity contribution in [1.29, 1.82) is 0 Å². The summed E-state index contributed by atoms with van der Waals surface area (Å²) < 4.78 is 2.19. The maximum Gasteiger partial charge on any atom is 0.167 e. The fourth-order valence-electron chi connectivity index (χ4n) is 5.26. The minimum atomic E-state index is -0.286. The summed E-state index contributed by atoms with van der Waals surface area (Å²) in [5.74, 6) is 2.35. The number of halogens is 1. The number of aliphatic imine (C=N–C) groups is 1. The number of rotatable bonds is 7. The summed E-state index contributed by atoms with van der Waals surface area (Å²) in [6.07, 6.45) is 3.06. The van der Waals surface area contributed by atoms with Gasteiger partial charge in [0.05, 0.1) is 5.71 Å². The fourth-order valence-corrected chi connectivity index (χ4v) is 6.70. The van der Waals surface area contributed by atoms with Crippen LogP contribution in [-0.2, 0) is 19.3 Å². The van der Waals surface area contributed by atoms with Gasteiger partial charge < -0.3 is 0 Å². The van der Waals surface area contributed by atoms with Crippen molar-refractivity contribution in [3.8, 4) is 5.00 Å². The highest BCUT2D eigenvalue weighted by atomic mass is 35.5. The molecule has 1 atom stereocenters. The molecule has 39 heavy (non-hydrogen) atoms. The van der Waals surface area contributed by atoms with Gasteiger partial charge in [0.1, 0.15) is 16.9 Å².